The van der Waals surface area contributed by atoms with E-state index in [1.165, 1.54) is 76.2 Å². The second-order valence-electron chi connectivity index (χ2n) is 5.86. The molecule has 0 rings (SSSR count). The highest BCUT2D eigenvalue weighted by Gasteiger charge is 2.01. The maximum atomic E-state index is 3.97. The lowest BCUT2D eigenvalue weighted by Gasteiger charge is -2.10. The minimum atomic E-state index is 0.895. The van der Waals surface area contributed by atoms with Crippen LogP contribution in [0.1, 0.15) is 91.4 Å². The van der Waals surface area contributed by atoms with Crippen molar-refractivity contribution in [2.75, 3.05) is 0 Å². The van der Waals surface area contributed by atoms with Crippen LogP contribution in [0.15, 0.2) is 12.2 Å². The average Bonchev–Trinajstić information content (AvgIpc) is 2.30. The molecule has 0 radical (unpaired) electrons. The summed E-state index contributed by atoms with van der Waals surface area (Å²) in [6.45, 7) is 10.8. The first kappa shape index (κ1) is 16.7. The number of hydrogen-bond donors (Lipinski definition) is 0. The molecule has 0 heteroatoms. The molecule has 102 valence electrons. The Kier molecular flexibility index (Phi) is 12.0. The van der Waals surface area contributed by atoms with Crippen LogP contribution in [0.2, 0.25) is 0 Å². The van der Waals surface area contributed by atoms with Crippen molar-refractivity contribution >= 4 is 0 Å². The first-order valence-corrected chi connectivity index (χ1v) is 7.81. The van der Waals surface area contributed by atoms with Crippen LogP contribution in [0.5, 0.6) is 0 Å². The molecule has 1 unspecified atom stereocenters. The Morgan fingerprint density at radius 1 is 0.882 bits per heavy atom. The third kappa shape index (κ3) is 13.7. The lowest BCUT2D eigenvalue weighted by atomic mass is 9.96. The van der Waals surface area contributed by atoms with Gasteiger partial charge >= 0.3 is 0 Å². The number of allylic oxidation sites excluding steroid dienone is 1. The molecule has 0 aliphatic heterocycles. The first-order chi connectivity index (χ1) is 8.16. The van der Waals surface area contributed by atoms with Gasteiger partial charge in [0.2, 0.25) is 0 Å². The second kappa shape index (κ2) is 12.2. The highest BCUT2D eigenvalue weighted by Crippen LogP contribution is 2.18. The Morgan fingerprint density at radius 2 is 1.41 bits per heavy atom. The fraction of sp³-hybridized carbons (Fsp3) is 0.882. The van der Waals surface area contributed by atoms with Crippen LogP contribution >= 0.6 is 0 Å². The summed E-state index contributed by atoms with van der Waals surface area (Å²) < 4.78 is 0. The predicted octanol–water partition coefficient (Wildman–Crippen LogP) is 6.51. The molecule has 0 aromatic rings. The number of rotatable bonds is 12. The van der Waals surface area contributed by atoms with Gasteiger partial charge in [0.1, 0.15) is 0 Å². The molecule has 0 saturated carbocycles. The topological polar surface area (TPSA) is 0 Å². The molecule has 0 spiro atoms. The van der Waals surface area contributed by atoms with Crippen LogP contribution in [0.4, 0.5) is 0 Å². The van der Waals surface area contributed by atoms with E-state index in [-0.39, 0.29) is 0 Å². The molecule has 0 aromatic heterocycles. The maximum absolute atomic E-state index is 3.97. The highest BCUT2D eigenvalue weighted by atomic mass is 14.1. The van der Waals surface area contributed by atoms with Gasteiger partial charge in [-0.2, -0.15) is 0 Å². The summed E-state index contributed by atoms with van der Waals surface area (Å²) in [7, 11) is 0. The van der Waals surface area contributed by atoms with Crippen molar-refractivity contribution in [1.82, 2.24) is 0 Å². The van der Waals surface area contributed by atoms with Crippen LogP contribution in [0.25, 0.3) is 0 Å². The van der Waals surface area contributed by atoms with Gasteiger partial charge in [-0.05, 0) is 25.7 Å². The minimum absolute atomic E-state index is 0.895. The standard InChI is InChI=1S/C17H34/c1-5-6-7-8-9-10-11-12-13-17(4)15-14-16(2)3/h17H,2,5-15H2,1,3-4H3. The van der Waals surface area contributed by atoms with E-state index < -0.39 is 0 Å². The highest BCUT2D eigenvalue weighted by molar-refractivity contribution is 4.87. The van der Waals surface area contributed by atoms with E-state index in [4.69, 9.17) is 0 Å². The second-order valence-corrected chi connectivity index (χ2v) is 5.86. The fourth-order valence-corrected chi connectivity index (χ4v) is 2.26. The van der Waals surface area contributed by atoms with Gasteiger partial charge in [-0.25, -0.2) is 0 Å². The van der Waals surface area contributed by atoms with Gasteiger partial charge in [-0.15, -0.1) is 6.58 Å². The number of hydrogen-bond acceptors (Lipinski definition) is 0. The molecule has 1 atom stereocenters. The molecule has 0 saturated heterocycles. The Balaban J connectivity index is 3.13. The Hall–Kier alpha value is -0.260. The molecule has 0 heterocycles. The lowest BCUT2D eigenvalue weighted by molar-refractivity contribution is 0.454. The Bertz CT molecular complexity index is 169. The van der Waals surface area contributed by atoms with E-state index in [0.717, 1.165) is 5.92 Å². The van der Waals surface area contributed by atoms with E-state index in [1.807, 2.05) is 0 Å². The van der Waals surface area contributed by atoms with Gasteiger partial charge in [-0.1, -0.05) is 77.2 Å². The van der Waals surface area contributed by atoms with Crippen molar-refractivity contribution in [2.45, 2.75) is 91.4 Å². The largest absolute Gasteiger partial charge is 0.100 e. The molecule has 0 aliphatic carbocycles. The first-order valence-electron chi connectivity index (χ1n) is 7.81. The van der Waals surface area contributed by atoms with Gasteiger partial charge < -0.3 is 0 Å². The van der Waals surface area contributed by atoms with Crippen molar-refractivity contribution in [3.8, 4) is 0 Å². The molecular weight excluding hydrogens is 204 g/mol. The zero-order valence-corrected chi connectivity index (χ0v) is 12.6. The summed E-state index contributed by atoms with van der Waals surface area (Å²) in [5.41, 5.74) is 1.34. The zero-order chi connectivity index (χ0) is 12.9. The summed E-state index contributed by atoms with van der Waals surface area (Å²) in [6, 6.07) is 0. The summed E-state index contributed by atoms with van der Waals surface area (Å²) in [5, 5.41) is 0. The smallest absolute Gasteiger partial charge is 0.0323 e. The van der Waals surface area contributed by atoms with Crippen LogP contribution in [0.3, 0.4) is 0 Å². The Labute approximate surface area is 110 Å². The van der Waals surface area contributed by atoms with E-state index in [9.17, 15) is 0 Å². The third-order valence-corrected chi connectivity index (χ3v) is 3.61. The zero-order valence-electron chi connectivity index (χ0n) is 12.6. The summed E-state index contributed by atoms with van der Waals surface area (Å²) >= 11 is 0. The molecule has 0 amide bonds. The van der Waals surface area contributed by atoms with Crippen LogP contribution < -0.4 is 0 Å². The molecule has 0 aliphatic rings. The van der Waals surface area contributed by atoms with E-state index in [0.29, 0.717) is 0 Å². The summed E-state index contributed by atoms with van der Waals surface area (Å²) in [5.74, 6) is 0.895. The molecule has 0 nitrogen and oxygen atoms in total. The van der Waals surface area contributed by atoms with Crippen LogP contribution in [0, 0.1) is 5.92 Å². The van der Waals surface area contributed by atoms with Crippen molar-refractivity contribution in [2.24, 2.45) is 5.92 Å². The molecule has 0 N–H and O–H groups in total. The van der Waals surface area contributed by atoms with Crippen molar-refractivity contribution in [3.63, 3.8) is 0 Å². The molecule has 0 bridgehead atoms. The maximum Gasteiger partial charge on any atom is -0.0323 e. The van der Waals surface area contributed by atoms with Crippen LogP contribution in [-0.4, -0.2) is 0 Å². The normalized spacial score (nSPS) is 12.6. The van der Waals surface area contributed by atoms with Crippen molar-refractivity contribution in [3.05, 3.63) is 12.2 Å². The predicted molar refractivity (Wildman–Crippen MR) is 80.4 cm³/mol. The SMILES string of the molecule is C=C(C)CCC(C)CCCCCCCCCC. The van der Waals surface area contributed by atoms with Gasteiger partial charge in [0.25, 0.3) is 0 Å². The van der Waals surface area contributed by atoms with E-state index in [1.54, 1.807) is 0 Å². The minimum Gasteiger partial charge on any atom is -0.100 e. The fourth-order valence-electron chi connectivity index (χ4n) is 2.26. The summed E-state index contributed by atoms with van der Waals surface area (Å²) in [4.78, 5) is 0. The van der Waals surface area contributed by atoms with Gasteiger partial charge in [0.05, 0.1) is 0 Å². The molecular formula is C17H34. The summed E-state index contributed by atoms with van der Waals surface area (Å²) in [6.07, 6.45) is 15.5. The Morgan fingerprint density at radius 3 is 1.94 bits per heavy atom. The van der Waals surface area contributed by atoms with E-state index >= 15 is 0 Å². The third-order valence-electron chi connectivity index (χ3n) is 3.61. The molecule has 0 fully saturated rings. The van der Waals surface area contributed by atoms with Crippen molar-refractivity contribution in [1.29, 1.82) is 0 Å². The van der Waals surface area contributed by atoms with Gasteiger partial charge in [0.15, 0.2) is 0 Å². The van der Waals surface area contributed by atoms with Crippen molar-refractivity contribution < 1.29 is 0 Å². The monoisotopic (exact) mass is 238 g/mol. The quantitative estimate of drug-likeness (QED) is 0.268. The van der Waals surface area contributed by atoms with Gasteiger partial charge in [0, 0.05) is 0 Å². The van der Waals surface area contributed by atoms with E-state index in [2.05, 4.69) is 27.4 Å². The number of unbranched alkanes of at least 4 members (excludes halogenated alkanes) is 7. The molecule has 17 heavy (non-hydrogen) atoms. The van der Waals surface area contributed by atoms with Crippen LogP contribution in [-0.2, 0) is 0 Å². The molecule has 0 aromatic carbocycles. The average molecular weight is 238 g/mol. The van der Waals surface area contributed by atoms with Gasteiger partial charge in [-0.3, -0.25) is 0 Å². The lowest BCUT2D eigenvalue weighted by Crippen LogP contribution is -1.95.